The van der Waals surface area contributed by atoms with Gasteiger partial charge in [-0.1, -0.05) is 31.2 Å². The Morgan fingerprint density at radius 1 is 1.26 bits per heavy atom. The number of nitrogens with one attached hydrogen (secondary N) is 1. The predicted octanol–water partition coefficient (Wildman–Crippen LogP) is 3.39. The van der Waals surface area contributed by atoms with Crippen LogP contribution in [0.1, 0.15) is 45.4 Å². The van der Waals surface area contributed by atoms with Gasteiger partial charge in [-0.05, 0) is 44.2 Å². The quantitative estimate of drug-likeness (QED) is 0.926. The third-order valence-corrected chi connectivity index (χ3v) is 4.88. The Kier molecular flexibility index (Phi) is 4.51. The Morgan fingerprint density at radius 2 is 2.04 bits per heavy atom. The summed E-state index contributed by atoms with van der Waals surface area (Å²) < 4.78 is 0. The van der Waals surface area contributed by atoms with E-state index >= 15 is 0 Å². The number of carbonyl (C=O) groups is 2. The predicted molar refractivity (Wildman–Crippen MR) is 90.8 cm³/mol. The molecule has 0 saturated carbocycles. The van der Waals surface area contributed by atoms with Crippen molar-refractivity contribution in [2.45, 2.75) is 45.4 Å². The van der Waals surface area contributed by atoms with Crippen LogP contribution in [0, 0.1) is 5.41 Å². The molecule has 1 aliphatic carbocycles. The number of fused-ring (bicyclic) bond motifs is 1. The molecule has 23 heavy (non-hydrogen) atoms. The lowest BCUT2D eigenvalue weighted by Crippen LogP contribution is -2.53. The van der Waals surface area contributed by atoms with Crippen LogP contribution in [0.2, 0.25) is 0 Å². The molecule has 1 aliphatic heterocycles. The Hall–Kier alpha value is -2.10. The van der Waals surface area contributed by atoms with Crippen molar-refractivity contribution in [2.75, 3.05) is 11.4 Å². The number of piperidine rings is 1. The normalized spacial score (nSPS) is 24.0. The molecule has 1 N–H and O–H groups in total. The number of nitrogens with zero attached hydrogens (tertiary/aromatic N) is 1. The maximum absolute atomic E-state index is 12.9. The number of hydrogen-bond donors (Lipinski definition) is 1. The number of rotatable bonds is 4. The molecule has 0 radical (unpaired) electrons. The van der Waals surface area contributed by atoms with Gasteiger partial charge in [0, 0.05) is 24.4 Å². The number of carbonyl (C=O) groups excluding carboxylic acids is 2. The molecule has 2 amide bonds. The fourth-order valence-corrected chi connectivity index (χ4v) is 3.70. The van der Waals surface area contributed by atoms with Crippen molar-refractivity contribution in [3.63, 3.8) is 0 Å². The van der Waals surface area contributed by atoms with Crippen LogP contribution < -0.4 is 10.2 Å². The maximum atomic E-state index is 12.9. The van der Waals surface area contributed by atoms with Crippen LogP contribution in [0.15, 0.2) is 42.1 Å². The summed E-state index contributed by atoms with van der Waals surface area (Å²) in [4.78, 5) is 27.3. The molecule has 122 valence electrons. The number of allylic oxidation sites excluding steroid dienone is 1. The van der Waals surface area contributed by atoms with Crippen LogP contribution in [0.3, 0.4) is 0 Å². The van der Waals surface area contributed by atoms with Crippen molar-refractivity contribution in [3.8, 4) is 0 Å². The fourth-order valence-electron chi connectivity index (χ4n) is 3.70. The minimum atomic E-state index is -0.544. The number of hydrogen-bond acceptors (Lipinski definition) is 2. The van der Waals surface area contributed by atoms with Gasteiger partial charge in [-0.3, -0.25) is 14.5 Å². The molecule has 1 heterocycles. The van der Waals surface area contributed by atoms with E-state index in [4.69, 9.17) is 0 Å². The second-order valence-electron chi connectivity index (χ2n) is 6.38. The summed E-state index contributed by atoms with van der Waals surface area (Å²) in [6.45, 7) is 2.74. The van der Waals surface area contributed by atoms with E-state index in [1.54, 1.807) is 4.90 Å². The molecule has 0 bridgehead atoms. The van der Waals surface area contributed by atoms with Gasteiger partial charge in [0.1, 0.15) is 0 Å². The zero-order chi connectivity index (χ0) is 16.3. The van der Waals surface area contributed by atoms with Crippen molar-refractivity contribution in [3.05, 3.63) is 42.1 Å². The Labute approximate surface area is 137 Å². The average Bonchev–Trinajstić information content (AvgIpc) is 2.60. The lowest BCUT2D eigenvalue weighted by molar-refractivity contribution is -0.132. The second kappa shape index (κ2) is 6.57. The summed E-state index contributed by atoms with van der Waals surface area (Å²) in [6.07, 6.45) is 6.81. The summed E-state index contributed by atoms with van der Waals surface area (Å²) in [7, 11) is 0. The lowest BCUT2D eigenvalue weighted by Gasteiger charge is -2.45. The summed E-state index contributed by atoms with van der Waals surface area (Å²) in [6, 6.07) is 9.67. The van der Waals surface area contributed by atoms with E-state index in [1.165, 1.54) is 0 Å². The highest BCUT2D eigenvalue weighted by atomic mass is 16.2. The number of para-hydroxylation sites is 1. The van der Waals surface area contributed by atoms with Crippen LogP contribution in [-0.4, -0.2) is 18.4 Å². The summed E-state index contributed by atoms with van der Waals surface area (Å²) in [5.41, 5.74) is 1.20. The average molecular weight is 312 g/mol. The van der Waals surface area contributed by atoms with Crippen LogP contribution in [0.5, 0.6) is 0 Å². The zero-order valence-corrected chi connectivity index (χ0v) is 13.7. The highest BCUT2D eigenvalue weighted by molar-refractivity contribution is 6.02. The molecule has 1 atom stereocenters. The minimum absolute atomic E-state index is 0.0822. The SMILES string of the molecule is CCCNC(=O)C12CCCC=C1N(c1ccccc1)C(=O)CC2. The summed E-state index contributed by atoms with van der Waals surface area (Å²) in [5.74, 6) is 0.169. The number of amides is 2. The molecule has 4 nitrogen and oxygen atoms in total. The van der Waals surface area contributed by atoms with Crippen molar-refractivity contribution in [1.29, 1.82) is 0 Å². The first-order valence-electron chi connectivity index (χ1n) is 8.56. The summed E-state index contributed by atoms with van der Waals surface area (Å²) >= 11 is 0. The van der Waals surface area contributed by atoms with Crippen molar-refractivity contribution >= 4 is 17.5 Å². The first-order valence-corrected chi connectivity index (χ1v) is 8.56. The standard InChI is InChI=1S/C19H24N2O2/c1-2-14-20-18(23)19-12-7-6-10-16(19)21(17(22)11-13-19)15-8-4-3-5-9-15/h3-5,8-10H,2,6-7,11-14H2,1H3,(H,20,23). The summed E-state index contributed by atoms with van der Waals surface area (Å²) in [5, 5.41) is 3.06. The Bertz CT molecular complexity index is 624. The smallest absolute Gasteiger partial charge is 0.232 e. The molecule has 2 aliphatic rings. The van der Waals surface area contributed by atoms with E-state index < -0.39 is 5.41 Å². The highest BCUT2D eigenvalue weighted by Crippen LogP contribution is 2.48. The first-order chi connectivity index (χ1) is 11.2. The van der Waals surface area contributed by atoms with Crippen LogP contribution >= 0.6 is 0 Å². The van der Waals surface area contributed by atoms with Gasteiger partial charge >= 0.3 is 0 Å². The molecule has 1 aromatic rings. The molecule has 1 aromatic carbocycles. The van der Waals surface area contributed by atoms with E-state index in [0.717, 1.165) is 37.1 Å². The van der Waals surface area contributed by atoms with E-state index in [2.05, 4.69) is 18.3 Å². The number of benzene rings is 1. The monoisotopic (exact) mass is 312 g/mol. The molecule has 0 aromatic heterocycles. The topological polar surface area (TPSA) is 49.4 Å². The molecule has 0 spiro atoms. The molecule has 1 saturated heterocycles. The van der Waals surface area contributed by atoms with Crippen LogP contribution in [0.25, 0.3) is 0 Å². The fraction of sp³-hybridized carbons (Fsp3) is 0.474. The van der Waals surface area contributed by atoms with Gasteiger partial charge in [0.15, 0.2) is 0 Å². The number of anilines is 1. The van der Waals surface area contributed by atoms with Crippen molar-refractivity contribution in [1.82, 2.24) is 5.32 Å². The van der Waals surface area contributed by atoms with Crippen molar-refractivity contribution < 1.29 is 9.59 Å². The van der Waals surface area contributed by atoms with Gasteiger partial charge in [0.25, 0.3) is 0 Å². The molecule has 3 rings (SSSR count). The van der Waals surface area contributed by atoms with Gasteiger partial charge < -0.3 is 5.32 Å². The van der Waals surface area contributed by atoms with E-state index in [0.29, 0.717) is 19.4 Å². The highest BCUT2D eigenvalue weighted by Gasteiger charge is 2.49. The lowest BCUT2D eigenvalue weighted by atomic mass is 9.69. The van der Waals surface area contributed by atoms with Gasteiger partial charge in [-0.15, -0.1) is 0 Å². The van der Waals surface area contributed by atoms with Gasteiger partial charge in [0.05, 0.1) is 5.41 Å². The van der Waals surface area contributed by atoms with E-state index in [1.807, 2.05) is 30.3 Å². The zero-order valence-electron chi connectivity index (χ0n) is 13.7. The van der Waals surface area contributed by atoms with Crippen molar-refractivity contribution in [2.24, 2.45) is 5.41 Å². The maximum Gasteiger partial charge on any atom is 0.232 e. The van der Waals surface area contributed by atoms with E-state index in [-0.39, 0.29) is 11.8 Å². The third-order valence-electron chi connectivity index (χ3n) is 4.88. The second-order valence-corrected chi connectivity index (χ2v) is 6.38. The van der Waals surface area contributed by atoms with Crippen LogP contribution in [-0.2, 0) is 9.59 Å². The molecule has 4 heteroatoms. The molecule has 1 unspecified atom stereocenters. The third kappa shape index (κ3) is 2.78. The van der Waals surface area contributed by atoms with E-state index in [9.17, 15) is 9.59 Å². The minimum Gasteiger partial charge on any atom is -0.355 e. The molecular formula is C19H24N2O2. The van der Waals surface area contributed by atoms with Gasteiger partial charge in [-0.2, -0.15) is 0 Å². The van der Waals surface area contributed by atoms with Gasteiger partial charge in [0.2, 0.25) is 11.8 Å². The largest absolute Gasteiger partial charge is 0.355 e. The van der Waals surface area contributed by atoms with Crippen LogP contribution in [0.4, 0.5) is 5.69 Å². The first kappa shape index (κ1) is 15.8. The Balaban J connectivity index is 2.00. The molecule has 1 fully saturated rings. The van der Waals surface area contributed by atoms with Gasteiger partial charge in [-0.25, -0.2) is 0 Å². The Morgan fingerprint density at radius 3 is 2.78 bits per heavy atom. The molecular weight excluding hydrogens is 288 g/mol.